The van der Waals surface area contributed by atoms with Crippen LogP contribution in [-0.2, 0) is 10.0 Å². The maximum atomic E-state index is 13.7. The van der Waals surface area contributed by atoms with Crippen molar-refractivity contribution in [3.05, 3.63) is 65.5 Å². The average molecular weight is 550 g/mol. The van der Waals surface area contributed by atoms with E-state index in [2.05, 4.69) is 34.0 Å². The van der Waals surface area contributed by atoms with E-state index in [9.17, 15) is 8.42 Å². The SMILES string of the molecule is CCC(C)CCN(CC)S(=O)(=O)c1cc(-c2nnc(Sc3nc(C)cc(C)n3)c3ccccc23)ccc1C. The van der Waals surface area contributed by atoms with Gasteiger partial charge in [0.2, 0.25) is 10.0 Å². The molecule has 200 valence electrons. The Morgan fingerprint density at radius 2 is 1.61 bits per heavy atom. The number of nitrogens with zero attached hydrogens (tertiary/aromatic N) is 5. The summed E-state index contributed by atoms with van der Waals surface area (Å²) < 4.78 is 29.0. The van der Waals surface area contributed by atoms with Crippen molar-refractivity contribution in [1.29, 1.82) is 0 Å². The molecule has 2 aromatic carbocycles. The van der Waals surface area contributed by atoms with Crippen LogP contribution in [0.25, 0.3) is 22.0 Å². The molecule has 0 amide bonds. The number of benzene rings is 2. The molecule has 0 spiro atoms. The van der Waals surface area contributed by atoms with Gasteiger partial charge in [0.1, 0.15) is 10.7 Å². The average Bonchev–Trinajstić information content (AvgIpc) is 2.88. The largest absolute Gasteiger partial charge is 0.243 e. The molecule has 0 fully saturated rings. The third-order valence-electron chi connectivity index (χ3n) is 6.80. The number of aryl methyl sites for hydroxylation is 3. The molecule has 38 heavy (non-hydrogen) atoms. The highest BCUT2D eigenvalue weighted by molar-refractivity contribution is 7.99. The molecular formula is C29H35N5O2S2. The molecular weight excluding hydrogens is 514 g/mol. The van der Waals surface area contributed by atoms with Crippen molar-refractivity contribution in [2.45, 2.75) is 69.5 Å². The molecule has 0 saturated carbocycles. The second kappa shape index (κ2) is 11.9. The fraction of sp³-hybridized carbons (Fsp3) is 0.379. The van der Waals surface area contributed by atoms with Gasteiger partial charge in [-0.25, -0.2) is 18.4 Å². The monoisotopic (exact) mass is 549 g/mol. The van der Waals surface area contributed by atoms with Gasteiger partial charge >= 0.3 is 0 Å². The lowest BCUT2D eigenvalue weighted by atomic mass is 10.0. The van der Waals surface area contributed by atoms with E-state index < -0.39 is 10.0 Å². The molecule has 2 heterocycles. The van der Waals surface area contributed by atoms with E-state index in [1.165, 1.54) is 11.8 Å². The Kier molecular flexibility index (Phi) is 8.80. The van der Waals surface area contributed by atoms with Crippen molar-refractivity contribution in [2.24, 2.45) is 5.92 Å². The Morgan fingerprint density at radius 3 is 2.26 bits per heavy atom. The molecule has 0 N–H and O–H groups in total. The standard InChI is InChI=1S/C29H35N5O2S2/c1-7-19(3)15-16-34(8-2)38(35,36)26-18-23(14-13-20(26)4)27-24-11-9-10-12-25(24)28(33-32-27)37-29-30-21(5)17-22(6)31-29/h9-14,17-19H,7-8,15-16H2,1-6H3. The molecule has 1 unspecified atom stereocenters. The van der Waals surface area contributed by atoms with Crippen LogP contribution in [0, 0.1) is 26.7 Å². The Morgan fingerprint density at radius 1 is 0.921 bits per heavy atom. The maximum absolute atomic E-state index is 13.7. The molecule has 0 radical (unpaired) electrons. The normalized spacial score (nSPS) is 12.8. The minimum absolute atomic E-state index is 0.314. The molecule has 0 bridgehead atoms. The van der Waals surface area contributed by atoms with E-state index in [1.807, 2.05) is 70.2 Å². The summed E-state index contributed by atoms with van der Waals surface area (Å²) in [5.41, 5.74) is 3.87. The zero-order valence-electron chi connectivity index (χ0n) is 22.9. The molecule has 4 aromatic rings. The smallest absolute Gasteiger partial charge is 0.228 e. The fourth-order valence-corrected chi connectivity index (χ4v) is 7.01. The maximum Gasteiger partial charge on any atom is 0.243 e. The predicted molar refractivity (Wildman–Crippen MR) is 154 cm³/mol. The fourth-order valence-electron chi connectivity index (χ4n) is 4.37. The van der Waals surface area contributed by atoms with Gasteiger partial charge in [-0.05, 0) is 62.6 Å². The molecule has 0 saturated heterocycles. The molecule has 2 aromatic heterocycles. The highest BCUT2D eigenvalue weighted by Gasteiger charge is 2.26. The van der Waals surface area contributed by atoms with Gasteiger partial charge in [0, 0.05) is 40.8 Å². The van der Waals surface area contributed by atoms with Crippen molar-refractivity contribution >= 4 is 32.6 Å². The number of fused-ring (bicyclic) bond motifs is 1. The third-order valence-corrected chi connectivity index (χ3v) is 9.78. The van der Waals surface area contributed by atoms with Crippen molar-refractivity contribution in [1.82, 2.24) is 24.5 Å². The summed E-state index contributed by atoms with van der Waals surface area (Å²) in [5.74, 6) is 0.471. The minimum Gasteiger partial charge on any atom is -0.228 e. The number of hydrogen-bond acceptors (Lipinski definition) is 7. The van der Waals surface area contributed by atoms with Crippen LogP contribution in [0.3, 0.4) is 0 Å². The van der Waals surface area contributed by atoms with Crippen LogP contribution in [0.5, 0.6) is 0 Å². The molecule has 7 nitrogen and oxygen atoms in total. The highest BCUT2D eigenvalue weighted by Crippen LogP contribution is 2.35. The molecule has 0 aliphatic heterocycles. The van der Waals surface area contributed by atoms with Crippen LogP contribution in [0.2, 0.25) is 0 Å². The second-order valence-corrected chi connectivity index (χ2v) is 12.6. The number of aromatic nitrogens is 4. The van der Waals surface area contributed by atoms with E-state index in [0.717, 1.165) is 40.6 Å². The van der Waals surface area contributed by atoms with Gasteiger partial charge < -0.3 is 0 Å². The van der Waals surface area contributed by atoms with E-state index in [1.54, 1.807) is 10.4 Å². The van der Waals surface area contributed by atoms with Crippen LogP contribution in [0.15, 0.2) is 63.6 Å². The highest BCUT2D eigenvalue weighted by atomic mass is 32.2. The lowest BCUT2D eigenvalue weighted by molar-refractivity contribution is 0.379. The van der Waals surface area contributed by atoms with Crippen molar-refractivity contribution < 1.29 is 8.42 Å². The molecule has 0 aliphatic rings. The number of rotatable bonds is 10. The third kappa shape index (κ3) is 6.06. The molecule has 1 atom stereocenters. The first-order valence-corrected chi connectivity index (χ1v) is 15.3. The Labute approximate surface area is 230 Å². The minimum atomic E-state index is -3.66. The van der Waals surface area contributed by atoms with E-state index in [-0.39, 0.29) is 0 Å². The zero-order valence-corrected chi connectivity index (χ0v) is 24.5. The van der Waals surface area contributed by atoms with Gasteiger partial charge in [0.05, 0.1) is 4.90 Å². The predicted octanol–water partition coefficient (Wildman–Crippen LogP) is 6.61. The van der Waals surface area contributed by atoms with Crippen LogP contribution in [0.1, 0.15) is 50.6 Å². The molecule has 4 rings (SSSR count). The first kappa shape index (κ1) is 28.1. The molecule has 0 aliphatic carbocycles. The zero-order chi connectivity index (χ0) is 27.4. The van der Waals surface area contributed by atoms with Crippen molar-refractivity contribution in [3.8, 4) is 11.3 Å². The first-order valence-electron chi connectivity index (χ1n) is 13.0. The van der Waals surface area contributed by atoms with Gasteiger partial charge in [0.25, 0.3) is 0 Å². The van der Waals surface area contributed by atoms with Gasteiger partial charge in [-0.1, -0.05) is 63.6 Å². The van der Waals surface area contributed by atoms with Crippen molar-refractivity contribution in [2.75, 3.05) is 13.1 Å². The second-order valence-electron chi connectivity index (χ2n) is 9.71. The van der Waals surface area contributed by atoms with Crippen LogP contribution >= 0.6 is 11.8 Å². The van der Waals surface area contributed by atoms with Crippen LogP contribution in [0.4, 0.5) is 0 Å². The van der Waals surface area contributed by atoms with Crippen LogP contribution < -0.4 is 0 Å². The lowest BCUT2D eigenvalue weighted by Crippen LogP contribution is -2.33. The first-order chi connectivity index (χ1) is 18.1. The number of hydrogen-bond donors (Lipinski definition) is 0. The van der Waals surface area contributed by atoms with Crippen molar-refractivity contribution in [3.63, 3.8) is 0 Å². The van der Waals surface area contributed by atoms with Gasteiger partial charge in [-0.3, -0.25) is 0 Å². The summed E-state index contributed by atoms with van der Waals surface area (Å²) in [5, 5.41) is 12.2. The Hall–Kier alpha value is -2.88. The summed E-state index contributed by atoms with van der Waals surface area (Å²) in [4.78, 5) is 9.38. The van der Waals surface area contributed by atoms with Gasteiger partial charge in [-0.2, -0.15) is 4.31 Å². The van der Waals surface area contributed by atoms with Crippen LogP contribution in [-0.4, -0.2) is 46.0 Å². The Balaban J connectivity index is 1.75. The van der Waals surface area contributed by atoms with E-state index >= 15 is 0 Å². The summed E-state index contributed by atoms with van der Waals surface area (Å²) >= 11 is 1.38. The lowest BCUT2D eigenvalue weighted by Gasteiger charge is -2.23. The topological polar surface area (TPSA) is 88.9 Å². The van der Waals surface area contributed by atoms with E-state index in [4.69, 9.17) is 0 Å². The van der Waals surface area contributed by atoms with Gasteiger partial charge in [-0.15, -0.1) is 10.2 Å². The quantitative estimate of drug-likeness (QED) is 0.206. The van der Waals surface area contributed by atoms with E-state index in [0.29, 0.717) is 45.3 Å². The summed E-state index contributed by atoms with van der Waals surface area (Å²) in [6.45, 7) is 12.8. The Bertz CT molecular complexity index is 1540. The summed E-state index contributed by atoms with van der Waals surface area (Å²) in [6, 6.07) is 15.4. The number of sulfonamides is 1. The van der Waals surface area contributed by atoms with Gasteiger partial charge in [0.15, 0.2) is 5.16 Å². The summed E-state index contributed by atoms with van der Waals surface area (Å²) in [7, 11) is -3.66. The summed E-state index contributed by atoms with van der Waals surface area (Å²) in [6.07, 6.45) is 1.86. The molecule has 9 heteroatoms.